The molecule has 0 atom stereocenters. The average molecular weight is 279 g/mol. The predicted octanol–water partition coefficient (Wildman–Crippen LogP) is 2.10. The van der Waals surface area contributed by atoms with E-state index in [0.29, 0.717) is 19.4 Å². The Labute approximate surface area is 119 Å². The van der Waals surface area contributed by atoms with Crippen LogP contribution in [-0.2, 0) is 11.3 Å². The fourth-order valence-corrected chi connectivity index (χ4v) is 2.45. The van der Waals surface area contributed by atoms with Gasteiger partial charge < -0.3 is 11.1 Å². The number of pyridine rings is 1. The Kier molecular flexibility index (Phi) is 5.42. The molecule has 0 bridgehead atoms. The number of amides is 1. The predicted molar refractivity (Wildman–Crippen MR) is 80.6 cm³/mol. The number of nitrogens with one attached hydrogen (secondary N) is 1. The maximum absolute atomic E-state index is 12.3. The molecule has 0 aliphatic rings. The summed E-state index contributed by atoms with van der Waals surface area (Å²) in [5.74, 6) is -0.117. The Morgan fingerprint density at radius 2 is 2.05 bits per heavy atom. The third-order valence-electron chi connectivity index (χ3n) is 3.49. The number of rotatable bonds is 6. The van der Waals surface area contributed by atoms with Gasteiger partial charge in [-0.3, -0.25) is 9.78 Å². The Hall–Kier alpha value is -1.49. The summed E-state index contributed by atoms with van der Waals surface area (Å²) in [6, 6.07) is 5.72. The second-order valence-electron chi connectivity index (χ2n) is 4.61. The normalized spacial score (nSPS) is 11.1. The molecule has 104 valence electrons. The minimum Gasteiger partial charge on any atom is -0.392 e. The third-order valence-corrected chi connectivity index (χ3v) is 3.88. The first-order valence-corrected chi connectivity index (χ1v) is 6.87. The molecule has 0 radical (unpaired) electrons. The lowest BCUT2D eigenvalue weighted by atomic mass is 9.81. The van der Waals surface area contributed by atoms with Gasteiger partial charge in [-0.25, -0.2) is 0 Å². The molecule has 1 aromatic heterocycles. The van der Waals surface area contributed by atoms with Crippen LogP contribution in [0.1, 0.15) is 38.1 Å². The fraction of sp³-hybridized carbons (Fsp3) is 0.500. The smallest absolute Gasteiger partial charge is 0.233 e. The van der Waals surface area contributed by atoms with E-state index in [1.807, 2.05) is 39.0 Å². The molecular weight excluding hydrogens is 258 g/mol. The SMILES string of the molecule is CCC(CC)(C(=O)NCc1cccc(C)n1)C(N)=S. The highest BCUT2D eigenvalue weighted by molar-refractivity contribution is 7.80. The summed E-state index contributed by atoms with van der Waals surface area (Å²) in [7, 11) is 0. The van der Waals surface area contributed by atoms with Crippen molar-refractivity contribution >= 4 is 23.1 Å². The summed E-state index contributed by atoms with van der Waals surface area (Å²) in [6.07, 6.45) is 1.21. The topological polar surface area (TPSA) is 68.0 Å². The molecule has 0 spiro atoms. The lowest BCUT2D eigenvalue weighted by Gasteiger charge is -2.28. The minimum atomic E-state index is -0.751. The molecule has 0 aliphatic carbocycles. The number of aromatic nitrogens is 1. The Balaban J connectivity index is 2.76. The number of nitrogens with two attached hydrogens (primary N) is 1. The van der Waals surface area contributed by atoms with Gasteiger partial charge in [-0.2, -0.15) is 0 Å². The van der Waals surface area contributed by atoms with Crippen LogP contribution in [0.25, 0.3) is 0 Å². The molecular formula is C14H21N3OS. The van der Waals surface area contributed by atoms with Gasteiger partial charge in [-0.15, -0.1) is 0 Å². The summed E-state index contributed by atoms with van der Waals surface area (Å²) in [5.41, 5.74) is 6.75. The first-order chi connectivity index (χ1) is 8.96. The number of nitrogens with zero attached hydrogens (tertiary/aromatic N) is 1. The van der Waals surface area contributed by atoms with Crippen LogP contribution in [0.5, 0.6) is 0 Å². The number of carbonyl (C=O) groups excluding carboxylic acids is 1. The number of hydrogen-bond donors (Lipinski definition) is 2. The van der Waals surface area contributed by atoms with Gasteiger partial charge in [0.25, 0.3) is 0 Å². The molecule has 0 unspecified atom stereocenters. The molecule has 0 saturated carbocycles. The van der Waals surface area contributed by atoms with Crippen LogP contribution in [0.4, 0.5) is 0 Å². The van der Waals surface area contributed by atoms with Crippen molar-refractivity contribution in [1.82, 2.24) is 10.3 Å². The summed E-state index contributed by atoms with van der Waals surface area (Å²) >= 11 is 5.06. The highest BCUT2D eigenvalue weighted by Gasteiger charge is 2.37. The molecule has 1 aromatic rings. The van der Waals surface area contributed by atoms with Crippen molar-refractivity contribution in [1.29, 1.82) is 0 Å². The number of carbonyl (C=O) groups is 1. The molecule has 0 aromatic carbocycles. The van der Waals surface area contributed by atoms with Gasteiger partial charge in [0.05, 0.1) is 22.6 Å². The molecule has 1 amide bonds. The van der Waals surface area contributed by atoms with Crippen LogP contribution in [0, 0.1) is 12.3 Å². The first kappa shape index (κ1) is 15.6. The summed E-state index contributed by atoms with van der Waals surface area (Å²) in [5, 5.41) is 2.88. The lowest BCUT2D eigenvalue weighted by molar-refractivity contribution is -0.128. The second-order valence-corrected chi connectivity index (χ2v) is 5.05. The third kappa shape index (κ3) is 3.50. The van der Waals surface area contributed by atoms with E-state index >= 15 is 0 Å². The van der Waals surface area contributed by atoms with Crippen molar-refractivity contribution in [2.45, 2.75) is 40.2 Å². The summed E-state index contributed by atoms with van der Waals surface area (Å²) < 4.78 is 0. The average Bonchev–Trinajstić information content (AvgIpc) is 2.38. The van der Waals surface area contributed by atoms with Crippen LogP contribution in [0.3, 0.4) is 0 Å². The van der Waals surface area contributed by atoms with Gasteiger partial charge in [0.15, 0.2) is 0 Å². The minimum absolute atomic E-state index is 0.117. The summed E-state index contributed by atoms with van der Waals surface area (Å²) in [4.78, 5) is 16.9. The summed E-state index contributed by atoms with van der Waals surface area (Å²) in [6.45, 7) is 6.16. The molecule has 1 heterocycles. The second kappa shape index (κ2) is 6.61. The quantitative estimate of drug-likeness (QED) is 0.783. The molecule has 0 saturated heterocycles. The van der Waals surface area contributed by atoms with Crippen LogP contribution >= 0.6 is 12.2 Å². The molecule has 3 N–H and O–H groups in total. The first-order valence-electron chi connectivity index (χ1n) is 6.47. The van der Waals surface area contributed by atoms with E-state index in [-0.39, 0.29) is 10.9 Å². The van der Waals surface area contributed by atoms with E-state index in [1.165, 1.54) is 0 Å². The highest BCUT2D eigenvalue weighted by Crippen LogP contribution is 2.27. The zero-order valence-electron chi connectivity index (χ0n) is 11.7. The van der Waals surface area contributed by atoms with Gasteiger partial charge in [-0.1, -0.05) is 32.1 Å². The van der Waals surface area contributed by atoms with Crippen molar-refractivity contribution in [3.8, 4) is 0 Å². The van der Waals surface area contributed by atoms with Crippen molar-refractivity contribution in [2.75, 3.05) is 0 Å². The van der Waals surface area contributed by atoms with E-state index < -0.39 is 5.41 Å². The van der Waals surface area contributed by atoms with Crippen molar-refractivity contribution in [2.24, 2.45) is 11.1 Å². The highest BCUT2D eigenvalue weighted by atomic mass is 32.1. The van der Waals surface area contributed by atoms with E-state index in [0.717, 1.165) is 11.4 Å². The molecule has 19 heavy (non-hydrogen) atoms. The zero-order valence-corrected chi connectivity index (χ0v) is 12.5. The largest absolute Gasteiger partial charge is 0.392 e. The monoisotopic (exact) mass is 279 g/mol. The molecule has 0 aliphatic heterocycles. The number of hydrogen-bond acceptors (Lipinski definition) is 3. The number of thiocarbonyl (C=S) groups is 1. The number of aryl methyl sites for hydroxylation is 1. The van der Waals surface area contributed by atoms with E-state index in [4.69, 9.17) is 18.0 Å². The van der Waals surface area contributed by atoms with Crippen molar-refractivity contribution in [3.05, 3.63) is 29.6 Å². The maximum atomic E-state index is 12.3. The molecule has 5 heteroatoms. The Bertz CT molecular complexity index is 470. The molecule has 0 fully saturated rings. The van der Waals surface area contributed by atoms with Gasteiger partial charge in [0.1, 0.15) is 0 Å². The van der Waals surface area contributed by atoms with Gasteiger partial charge in [0.2, 0.25) is 5.91 Å². The maximum Gasteiger partial charge on any atom is 0.233 e. The fourth-order valence-electron chi connectivity index (χ4n) is 2.07. The van der Waals surface area contributed by atoms with E-state index in [2.05, 4.69) is 10.3 Å². The van der Waals surface area contributed by atoms with Crippen molar-refractivity contribution in [3.63, 3.8) is 0 Å². The van der Waals surface area contributed by atoms with E-state index in [1.54, 1.807) is 0 Å². The van der Waals surface area contributed by atoms with Crippen LogP contribution in [0.15, 0.2) is 18.2 Å². The lowest BCUT2D eigenvalue weighted by Crippen LogP contribution is -2.48. The Morgan fingerprint density at radius 1 is 1.42 bits per heavy atom. The van der Waals surface area contributed by atoms with Crippen LogP contribution in [0.2, 0.25) is 0 Å². The molecule has 4 nitrogen and oxygen atoms in total. The zero-order chi connectivity index (χ0) is 14.5. The Morgan fingerprint density at radius 3 is 2.53 bits per heavy atom. The van der Waals surface area contributed by atoms with Crippen molar-refractivity contribution < 1.29 is 4.79 Å². The van der Waals surface area contributed by atoms with Crippen LogP contribution in [-0.4, -0.2) is 15.9 Å². The van der Waals surface area contributed by atoms with E-state index in [9.17, 15) is 4.79 Å². The molecule has 1 rings (SSSR count). The van der Waals surface area contributed by atoms with Gasteiger partial charge in [0, 0.05) is 5.69 Å². The van der Waals surface area contributed by atoms with Gasteiger partial charge >= 0.3 is 0 Å². The van der Waals surface area contributed by atoms with Gasteiger partial charge in [-0.05, 0) is 31.9 Å². The van der Waals surface area contributed by atoms with Crippen LogP contribution < -0.4 is 11.1 Å². The standard InChI is InChI=1S/C14H21N3OS/c1-4-14(5-2,12(15)19)13(18)16-9-11-8-6-7-10(3)17-11/h6-8H,4-5,9H2,1-3H3,(H2,15,19)(H,16,18).